The number of benzene rings is 2. The van der Waals surface area contributed by atoms with Gasteiger partial charge in [-0.15, -0.1) is 0 Å². The minimum Gasteiger partial charge on any atom is -0.482 e. The fourth-order valence-electron chi connectivity index (χ4n) is 3.76. The van der Waals surface area contributed by atoms with Crippen LogP contribution in [0.3, 0.4) is 0 Å². The van der Waals surface area contributed by atoms with E-state index in [2.05, 4.69) is 4.72 Å². The first-order chi connectivity index (χ1) is 15.4. The van der Waals surface area contributed by atoms with Crippen molar-refractivity contribution in [3.05, 3.63) is 58.7 Å². The van der Waals surface area contributed by atoms with Gasteiger partial charge in [0.1, 0.15) is 5.75 Å². The maximum atomic E-state index is 13.3. The quantitative estimate of drug-likeness (QED) is 0.451. The molecule has 0 heterocycles. The Morgan fingerprint density at radius 3 is 2.55 bits per heavy atom. The Labute approximate surface area is 188 Å². The summed E-state index contributed by atoms with van der Waals surface area (Å²) in [5.74, 6) is -1.54. The smallest absolute Gasteiger partial charge is 0.416 e. The Bertz CT molecular complexity index is 1180. The number of ketones is 1. The number of carbonyl (C=O) groups excluding carboxylic acids is 1. The minimum atomic E-state index is -4.83. The zero-order valence-electron chi connectivity index (χ0n) is 17.6. The molecular formula is C22H22F3NO6S. The zero-order valence-corrected chi connectivity index (χ0v) is 18.4. The molecule has 2 N–H and O–H groups in total. The van der Waals surface area contributed by atoms with Gasteiger partial charge >= 0.3 is 12.1 Å². The maximum absolute atomic E-state index is 13.3. The summed E-state index contributed by atoms with van der Waals surface area (Å²) in [6.07, 6.45) is -2.60. The number of nitrogens with one attached hydrogen (secondary N) is 1. The van der Waals surface area contributed by atoms with E-state index < -0.39 is 51.1 Å². The molecule has 0 radical (unpaired) electrons. The van der Waals surface area contributed by atoms with E-state index in [0.29, 0.717) is 54.7 Å². The number of alkyl halides is 3. The topological polar surface area (TPSA) is 110 Å². The molecule has 0 saturated heterocycles. The predicted octanol–water partition coefficient (Wildman–Crippen LogP) is 4.12. The fraction of sp³-hybridized carbons (Fsp3) is 0.364. The van der Waals surface area contributed by atoms with Crippen LogP contribution in [0.15, 0.2) is 41.3 Å². The standard InChI is InChI=1S/C22H22F3NO6S/c1-13(27)14-9-15(22(23,24)25)11-16(10-14)33(30,31)26-19-7-3-2-5-18-17(19)6-4-8-20(18)32-12-21(28)29/h4,6,8-11,19,26H,2-3,5,7,12H2,1H3,(H,28,29). The van der Waals surface area contributed by atoms with Crippen LogP contribution in [0.2, 0.25) is 0 Å². The van der Waals surface area contributed by atoms with Gasteiger partial charge in [0.15, 0.2) is 12.4 Å². The molecule has 11 heteroatoms. The van der Waals surface area contributed by atoms with Gasteiger partial charge in [-0.25, -0.2) is 17.9 Å². The summed E-state index contributed by atoms with van der Waals surface area (Å²) >= 11 is 0. The van der Waals surface area contributed by atoms with Crippen molar-refractivity contribution in [2.75, 3.05) is 6.61 Å². The molecule has 0 bridgehead atoms. The third kappa shape index (κ3) is 5.91. The third-order valence-corrected chi connectivity index (χ3v) is 6.76. The molecule has 1 atom stereocenters. The second-order valence-electron chi connectivity index (χ2n) is 7.73. The average Bonchev–Trinajstić information content (AvgIpc) is 2.93. The molecule has 2 aromatic rings. The van der Waals surface area contributed by atoms with E-state index in [1.54, 1.807) is 18.2 Å². The average molecular weight is 485 g/mol. The molecule has 0 aromatic heterocycles. The first-order valence-electron chi connectivity index (χ1n) is 10.1. The lowest BCUT2D eigenvalue weighted by Crippen LogP contribution is -2.29. The molecule has 1 unspecified atom stereocenters. The molecule has 3 rings (SSSR count). The monoisotopic (exact) mass is 485 g/mol. The van der Waals surface area contributed by atoms with Crippen molar-refractivity contribution in [1.82, 2.24) is 4.72 Å². The highest BCUT2D eigenvalue weighted by molar-refractivity contribution is 7.89. The Hall–Kier alpha value is -2.92. The lowest BCUT2D eigenvalue weighted by Gasteiger charge is -2.21. The van der Waals surface area contributed by atoms with Crippen LogP contribution in [0.5, 0.6) is 5.75 Å². The Balaban J connectivity index is 2.00. The van der Waals surface area contributed by atoms with E-state index >= 15 is 0 Å². The van der Waals surface area contributed by atoms with Gasteiger partial charge in [-0.05, 0) is 61.6 Å². The molecule has 178 valence electrons. The van der Waals surface area contributed by atoms with Gasteiger partial charge in [-0.2, -0.15) is 13.2 Å². The van der Waals surface area contributed by atoms with Crippen LogP contribution in [0.4, 0.5) is 13.2 Å². The lowest BCUT2D eigenvalue weighted by molar-refractivity contribution is -0.139. The number of hydrogen-bond acceptors (Lipinski definition) is 5. The number of halogens is 3. The van der Waals surface area contributed by atoms with Crippen molar-refractivity contribution >= 4 is 21.8 Å². The maximum Gasteiger partial charge on any atom is 0.416 e. The first kappa shape index (κ1) is 24.7. The number of carboxylic acids is 1. The molecule has 0 aliphatic heterocycles. The van der Waals surface area contributed by atoms with Gasteiger partial charge in [0, 0.05) is 11.6 Å². The van der Waals surface area contributed by atoms with Gasteiger partial charge in [-0.3, -0.25) is 4.79 Å². The minimum absolute atomic E-state index is 0.318. The number of carboxylic acid groups (broad SMARTS) is 1. The Morgan fingerprint density at radius 1 is 1.18 bits per heavy atom. The fourth-order valence-corrected chi connectivity index (χ4v) is 5.08. The number of ether oxygens (including phenoxy) is 1. The van der Waals surface area contributed by atoms with Crippen molar-refractivity contribution in [2.24, 2.45) is 0 Å². The first-order valence-corrected chi connectivity index (χ1v) is 11.6. The normalized spacial score (nSPS) is 16.5. The number of hydrogen-bond donors (Lipinski definition) is 2. The number of sulfonamides is 1. The lowest BCUT2D eigenvalue weighted by atomic mass is 9.99. The number of Topliss-reactive ketones (excluding diaryl/α,β-unsaturated/α-hetero) is 1. The summed E-state index contributed by atoms with van der Waals surface area (Å²) in [6.45, 7) is 0.490. The van der Waals surface area contributed by atoms with E-state index in [9.17, 15) is 31.2 Å². The summed E-state index contributed by atoms with van der Waals surface area (Å²) in [7, 11) is -4.43. The van der Waals surface area contributed by atoms with Crippen molar-refractivity contribution in [1.29, 1.82) is 0 Å². The Morgan fingerprint density at radius 2 is 1.91 bits per heavy atom. The van der Waals surface area contributed by atoms with E-state index in [0.717, 1.165) is 13.0 Å². The van der Waals surface area contributed by atoms with Crippen LogP contribution in [0, 0.1) is 0 Å². The van der Waals surface area contributed by atoms with E-state index in [1.165, 1.54) is 0 Å². The van der Waals surface area contributed by atoms with E-state index in [1.807, 2.05) is 0 Å². The van der Waals surface area contributed by atoms with Gasteiger partial charge in [0.05, 0.1) is 10.5 Å². The molecule has 33 heavy (non-hydrogen) atoms. The highest BCUT2D eigenvalue weighted by Crippen LogP contribution is 2.36. The molecule has 1 aliphatic carbocycles. The van der Waals surface area contributed by atoms with Gasteiger partial charge in [-0.1, -0.05) is 18.6 Å². The molecule has 0 fully saturated rings. The molecule has 0 saturated carbocycles. The summed E-state index contributed by atoms with van der Waals surface area (Å²) < 4.78 is 73.9. The second kappa shape index (κ2) is 9.52. The van der Waals surface area contributed by atoms with Gasteiger partial charge in [0.2, 0.25) is 10.0 Å². The van der Waals surface area contributed by atoms with E-state index in [-0.39, 0.29) is 5.56 Å². The molecular weight excluding hydrogens is 463 g/mol. The molecule has 2 aromatic carbocycles. The molecule has 0 amide bonds. The number of carbonyl (C=O) groups is 2. The van der Waals surface area contributed by atoms with Crippen LogP contribution < -0.4 is 9.46 Å². The highest BCUT2D eigenvalue weighted by atomic mass is 32.2. The highest BCUT2D eigenvalue weighted by Gasteiger charge is 2.34. The van der Waals surface area contributed by atoms with Crippen molar-refractivity contribution in [3.8, 4) is 5.75 Å². The van der Waals surface area contributed by atoms with E-state index in [4.69, 9.17) is 9.84 Å². The van der Waals surface area contributed by atoms with Crippen LogP contribution in [-0.2, 0) is 27.4 Å². The molecule has 0 spiro atoms. The summed E-state index contributed by atoms with van der Waals surface area (Å²) in [4.78, 5) is 21.9. The third-order valence-electron chi connectivity index (χ3n) is 5.31. The van der Waals surface area contributed by atoms with Crippen molar-refractivity contribution in [3.63, 3.8) is 0 Å². The van der Waals surface area contributed by atoms with Crippen LogP contribution in [-0.4, -0.2) is 31.9 Å². The summed E-state index contributed by atoms with van der Waals surface area (Å²) in [5.41, 5.74) is -0.382. The van der Waals surface area contributed by atoms with Gasteiger partial charge in [0.25, 0.3) is 0 Å². The van der Waals surface area contributed by atoms with Crippen LogP contribution in [0.25, 0.3) is 0 Å². The SMILES string of the molecule is CC(=O)c1cc(C(F)(F)F)cc(S(=O)(=O)NC2CCCCc3c(OCC(=O)O)cccc32)c1. The van der Waals surface area contributed by atoms with Crippen LogP contribution in [0.1, 0.15) is 59.3 Å². The number of fused-ring (bicyclic) bond motifs is 1. The largest absolute Gasteiger partial charge is 0.482 e. The van der Waals surface area contributed by atoms with Gasteiger partial charge < -0.3 is 9.84 Å². The second-order valence-corrected chi connectivity index (χ2v) is 9.44. The number of rotatable bonds is 7. The summed E-state index contributed by atoms with van der Waals surface area (Å²) in [5, 5.41) is 8.89. The van der Waals surface area contributed by atoms with Crippen molar-refractivity contribution in [2.45, 2.75) is 49.7 Å². The molecule has 1 aliphatic rings. The summed E-state index contributed by atoms with van der Waals surface area (Å²) in [6, 6.07) is 6.13. The zero-order chi connectivity index (χ0) is 24.4. The Kier molecular flexibility index (Phi) is 7.13. The predicted molar refractivity (Wildman–Crippen MR) is 112 cm³/mol. The van der Waals surface area contributed by atoms with Crippen molar-refractivity contribution < 1.29 is 41.0 Å². The van der Waals surface area contributed by atoms with Crippen LogP contribution >= 0.6 is 0 Å². The molecule has 7 nitrogen and oxygen atoms in total. The number of aliphatic carboxylic acids is 1.